The molecule has 6 heteroatoms. The van der Waals surface area contributed by atoms with Gasteiger partial charge in [0, 0.05) is 6.42 Å². The zero-order chi connectivity index (χ0) is 13.9. The monoisotopic (exact) mass is 295 g/mol. The SMILES string of the molecule is Fc1c(Cl)cccc1Cc1noc([C@@H]2CCCCN2)n1. The van der Waals surface area contributed by atoms with Crippen LogP contribution in [-0.2, 0) is 6.42 Å². The normalized spacial score (nSPS) is 19.2. The molecule has 1 atom stereocenters. The first-order valence-electron chi connectivity index (χ1n) is 6.73. The largest absolute Gasteiger partial charge is 0.338 e. The first kappa shape index (κ1) is 13.5. The van der Waals surface area contributed by atoms with Crippen LogP contribution in [0, 0.1) is 5.82 Å². The molecule has 1 fully saturated rings. The third kappa shape index (κ3) is 2.83. The van der Waals surface area contributed by atoms with Crippen LogP contribution in [0.1, 0.15) is 42.6 Å². The van der Waals surface area contributed by atoms with Crippen molar-refractivity contribution >= 4 is 11.6 Å². The van der Waals surface area contributed by atoms with E-state index in [1.54, 1.807) is 12.1 Å². The maximum absolute atomic E-state index is 13.8. The Kier molecular flexibility index (Phi) is 3.98. The fourth-order valence-electron chi connectivity index (χ4n) is 2.40. The second-order valence-electron chi connectivity index (χ2n) is 4.94. The average molecular weight is 296 g/mol. The maximum Gasteiger partial charge on any atom is 0.243 e. The molecule has 106 valence electrons. The number of piperidine rings is 1. The molecule has 1 N–H and O–H groups in total. The predicted molar refractivity (Wildman–Crippen MR) is 73.1 cm³/mol. The summed E-state index contributed by atoms with van der Waals surface area (Å²) in [5.74, 6) is 0.645. The minimum absolute atomic E-state index is 0.111. The molecule has 1 saturated heterocycles. The van der Waals surface area contributed by atoms with Crippen molar-refractivity contribution in [2.45, 2.75) is 31.7 Å². The van der Waals surface area contributed by atoms with Gasteiger partial charge in [-0.1, -0.05) is 35.3 Å². The first-order chi connectivity index (χ1) is 9.74. The number of rotatable bonds is 3. The van der Waals surface area contributed by atoms with Crippen LogP contribution in [0.3, 0.4) is 0 Å². The Morgan fingerprint density at radius 2 is 2.30 bits per heavy atom. The molecule has 1 aromatic heterocycles. The number of nitrogens with zero attached hydrogens (tertiary/aromatic N) is 2. The lowest BCUT2D eigenvalue weighted by molar-refractivity contribution is 0.296. The van der Waals surface area contributed by atoms with E-state index in [-0.39, 0.29) is 17.5 Å². The van der Waals surface area contributed by atoms with Gasteiger partial charge in [0.25, 0.3) is 0 Å². The number of aromatic nitrogens is 2. The fraction of sp³-hybridized carbons (Fsp3) is 0.429. The van der Waals surface area contributed by atoms with Gasteiger partial charge in [-0.2, -0.15) is 4.98 Å². The summed E-state index contributed by atoms with van der Waals surface area (Å²) in [5.41, 5.74) is 0.474. The molecular formula is C14H15ClFN3O. The van der Waals surface area contributed by atoms with E-state index in [0.717, 1.165) is 19.4 Å². The third-order valence-electron chi connectivity index (χ3n) is 3.47. The number of hydrogen-bond donors (Lipinski definition) is 1. The van der Waals surface area contributed by atoms with Crippen molar-refractivity contribution < 1.29 is 8.91 Å². The summed E-state index contributed by atoms with van der Waals surface area (Å²) in [4.78, 5) is 4.35. The highest BCUT2D eigenvalue weighted by Crippen LogP contribution is 2.23. The van der Waals surface area contributed by atoms with Crippen LogP contribution in [0.5, 0.6) is 0 Å². The highest BCUT2D eigenvalue weighted by molar-refractivity contribution is 6.30. The average Bonchev–Trinajstić information content (AvgIpc) is 2.93. The van der Waals surface area contributed by atoms with E-state index < -0.39 is 5.82 Å². The number of halogens is 2. The molecule has 0 bridgehead atoms. The van der Waals surface area contributed by atoms with Gasteiger partial charge in [-0.15, -0.1) is 0 Å². The molecule has 0 unspecified atom stereocenters. The van der Waals surface area contributed by atoms with Crippen molar-refractivity contribution in [3.63, 3.8) is 0 Å². The topological polar surface area (TPSA) is 51.0 Å². The molecule has 1 aliphatic rings. The smallest absolute Gasteiger partial charge is 0.243 e. The summed E-state index contributed by atoms with van der Waals surface area (Å²) in [7, 11) is 0. The van der Waals surface area contributed by atoms with Crippen LogP contribution in [-0.4, -0.2) is 16.7 Å². The summed E-state index contributed by atoms with van der Waals surface area (Å²) in [6.45, 7) is 0.964. The molecule has 2 aromatic rings. The minimum atomic E-state index is -0.420. The molecule has 20 heavy (non-hydrogen) atoms. The lowest BCUT2D eigenvalue weighted by Gasteiger charge is -2.19. The van der Waals surface area contributed by atoms with E-state index in [1.807, 2.05) is 0 Å². The van der Waals surface area contributed by atoms with Crippen molar-refractivity contribution in [1.82, 2.24) is 15.5 Å². The van der Waals surface area contributed by atoms with Gasteiger partial charge >= 0.3 is 0 Å². The maximum atomic E-state index is 13.8. The fourth-order valence-corrected chi connectivity index (χ4v) is 2.59. The van der Waals surface area contributed by atoms with Gasteiger partial charge < -0.3 is 9.84 Å². The van der Waals surface area contributed by atoms with Crippen LogP contribution in [0.4, 0.5) is 4.39 Å². The molecule has 1 aromatic carbocycles. The van der Waals surface area contributed by atoms with Gasteiger partial charge in [0.1, 0.15) is 5.82 Å². The molecule has 0 amide bonds. The molecule has 0 aliphatic carbocycles. The molecule has 4 nitrogen and oxygen atoms in total. The Balaban J connectivity index is 1.75. The Bertz CT molecular complexity index is 596. The van der Waals surface area contributed by atoms with Gasteiger partial charge in [-0.25, -0.2) is 4.39 Å². The molecular weight excluding hydrogens is 281 g/mol. The minimum Gasteiger partial charge on any atom is -0.338 e. The van der Waals surface area contributed by atoms with Gasteiger partial charge in [-0.3, -0.25) is 0 Å². The van der Waals surface area contributed by atoms with E-state index in [1.165, 1.54) is 12.5 Å². The number of hydrogen-bond acceptors (Lipinski definition) is 4. The zero-order valence-corrected chi connectivity index (χ0v) is 11.7. The van der Waals surface area contributed by atoms with Crippen LogP contribution >= 0.6 is 11.6 Å². The molecule has 2 heterocycles. The van der Waals surface area contributed by atoms with Crippen molar-refractivity contribution in [2.75, 3.05) is 6.54 Å². The molecule has 3 rings (SSSR count). The Morgan fingerprint density at radius 3 is 3.10 bits per heavy atom. The summed E-state index contributed by atoms with van der Waals surface area (Å²) in [5, 5.41) is 7.37. The van der Waals surface area contributed by atoms with E-state index in [9.17, 15) is 4.39 Å². The highest BCUT2D eigenvalue weighted by Gasteiger charge is 2.21. The van der Waals surface area contributed by atoms with Crippen LogP contribution < -0.4 is 5.32 Å². The van der Waals surface area contributed by atoms with E-state index in [0.29, 0.717) is 17.3 Å². The number of nitrogens with one attached hydrogen (secondary N) is 1. The van der Waals surface area contributed by atoms with Crippen molar-refractivity contribution in [3.05, 3.63) is 46.3 Å². The van der Waals surface area contributed by atoms with Crippen LogP contribution in [0.15, 0.2) is 22.7 Å². The lowest BCUT2D eigenvalue weighted by atomic mass is 10.1. The molecule has 0 spiro atoms. The van der Waals surface area contributed by atoms with Crippen molar-refractivity contribution in [2.24, 2.45) is 0 Å². The summed E-state index contributed by atoms with van der Waals surface area (Å²) >= 11 is 5.76. The van der Waals surface area contributed by atoms with Gasteiger partial charge in [0.05, 0.1) is 11.1 Å². The third-order valence-corrected chi connectivity index (χ3v) is 3.76. The van der Waals surface area contributed by atoms with Crippen molar-refractivity contribution in [1.29, 1.82) is 0 Å². The van der Waals surface area contributed by atoms with Crippen LogP contribution in [0.25, 0.3) is 0 Å². The van der Waals surface area contributed by atoms with E-state index >= 15 is 0 Å². The highest BCUT2D eigenvalue weighted by atomic mass is 35.5. The molecule has 1 aliphatic heterocycles. The summed E-state index contributed by atoms with van der Waals surface area (Å²) < 4.78 is 19.1. The Labute approximate surface area is 121 Å². The number of benzene rings is 1. The van der Waals surface area contributed by atoms with E-state index in [2.05, 4.69) is 15.5 Å². The van der Waals surface area contributed by atoms with Crippen LogP contribution in [0.2, 0.25) is 5.02 Å². The summed E-state index contributed by atoms with van der Waals surface area (Å²) in [6, 6.07) is 5.03. The predicted octanol–water partition coefficient (Wildman–Crippen LogP) is 3.27. The van der Waals surface area contributed by atoms with E-state index in [4.69, 9.17) is 16.1 Å². The molecule has 0 radical (unpaired) electrons. The summed E-state index contributed by atoms with van der Waals surface area (Å²) in [6.07, 6.45) is 3.60. The lowest BCUT2D eigenvalue weighted by Crippen LogP contribution is -2.27. The van der Waals surface area contributed by atoms with Crippen molar-refractivity contribution in [3.8, 4) is 0 Å². The standard InChI is InChI=1S/C14H15ClFN3O/c15-10-5-3-4-9(13(10)16)8-12-18-14(20-19-12)11-6-1-2-7-17-11/h3-5,11,17H,1-2,6-8H2/t11-/m0/s1. The van der Waals surface area contributed by atoms with Gasteiger partial charge in [0.2, 0.25) is 5.89 Å². The van der Waals surface area contributed by atoms with Gasteiger partial charge in [-0.05, 0) is 31.0 Å². The molecule has 0 saturated carbocycles. The quantitative estimate of drug-likeness (QED) is 0.944. The zero-order valence-electron chi connectivity index (χ0n) is 10.9. The second kappa shape index (κ2) is 5.89. The first-order valence-corrected chi connectivity index (χ1v) is 7.10. The second-order valence-corrected chi connectivity index (χ2v) is 5.35. The van der Waals surface area contributed by atoms with Gasteiger partial charge in [0.15, 0.2) is 5.82 Å². The Hall–Kier alpha value is -1.46. The Morgan fingerprint density at radius 1 is 1.40 bits per heavy atom.